The molecule has 104 valence electrons. The Bertz CT molecular complexity index is 506. The Labute approximate surface area is 114 Å². The maximum Gasteiger partial charge on any atom is 0.254 e. The van der Waals surface area contributed by atoms with E-state index >= 15 is 0 Å². The summed E-state index contributed by atoms with van der Waals surface area (Å²) in [5.41, 5.74) is 1.22. The van der Waals surface area contributed by atoms with Crippen LogP contribution in [0.15, 0.2) is 12.5 Å². The Morgan fingerprint density at radius 1 is 1.11 bits per heavy atom. The summed E-state index contributed by atoms with van der Waals surface area (Å²) < 4.78 is 1.77. The lowest BCUT2D eigenvalue weighted by Gasteiger charge is -2.09. The maximum absolute atomic E-state index is 4.33. The normalized spacial score (nSPS) is 11.1. The van der Waals surface area contributed by atoms with Crippen LogP contribution in [0.3, 0.4) is 0 Å². The van der Waals surface area contributed by atoms with Crippen molar-refractivity contribution in [3.63, 3.8) is 0 Å². The monoisotopic (exact) mass is 261 g/mol. The van der Waals surface area contributed by atoms with Gasteiger partial charge in [-0.2, -0.15) is 14.6 Å². The van der Waals surface area contributed by atoms with Crippen molar-refractivity contribution in [2.45, 2.75) is 51.9 Å². The van der Waals surface area contributed by atoms with Crippen molar-refractivity contribution in [2.24, 2.45) is 0 Å². The summed E-state index contributed by atoms with van der Waals surface area (Å²) in [7, 11) is 1.92. The molecule has 5 nitrogen and oxygen atoms in total. The molecule has 0 radical (unpaired) electrons. The van der Waals surface area contributed by atoms with E-state index in [1.165, 1.54) is 50.4 Å². The third-order valence-electron chi connectivity index (χ3n) is 3.42. The molecule has 0 bridgehead atoms. The van der Waals surface area contributed by atoms with Gasteiger partial charge in [0.05, 0.1) is 0 Å². The average Bonchev–Trinajstić information content (AvgIpc) is 2.90. The molecule has 1 N–H and O–H groups in total. The third kappa shape index (κ3) is 3.43. The zero-order chi connectivity index (χ0) is 13.5. The second-order valence-corrected chi connectivity index (χ2v) is 4.87. The molecular weight excluding hydrogens is 238 g/mol. The van der Waals surface area contributed by atoms with Gasteiger partial charge < -0.3 is 5.32 Å². The summed E-state index contributed by atoms with van der Waals surface area (Å²) in [5.74, 6) is 1.66. The first-order chi connectivity index (χ1) is 9.36. The van der Waals surface area contributed by atoms with Crippen LogP contribution in [0.2, 0.25) is 0 Å². The van der Waals surface area contributed by atoms with Gasteiger partial charge in [0.1, 0.15) is 12.1 Å². The first kappa shape index (κ1) is 13.8. The van der Waals surface area contributed by atoms with E-state index in [1.807, 2.05) is 13.2 Å². The van der Waals surface area contributed by atoms with Crippen LogP contribution in [-0.2, 0) is 6.42 Å². The molecule has 0 fully saturated rings. The van der Waals surface area contributed by atoms with Crippen LogP contribution in [0.5, 0.6) is 0 Å². The number of anilines is 1. The lowest BCUT2D eigenvalue weighted by Crippen LogP contribution is -2.05. The van der Waals surface area contributed by atoms with Gasteiger partial charge in [-0.1, -0.05) is 39.0 Å². The van der Waals surface area contributed by atoms with E-state index in [-0.39, 0.29) is 0 Å². The molecule has 2 rings (SSSR count). The Morgan fingerprint density at radius 2 is 1.89 bits per heavy atom. The van der Waals surface area contributed by atoms with Crippen LogP contribution < -0.4 is 5.32 Å². The molecule has 2 aromatic rings. The molecule has 0 unspecified atom stereocenters. The highest BCUT2D eigenvalue weighted by Crippen LogP contribution is 2.17. The SMILES string of the molecule is CCCCCCCCc1cnc2ncnn2c1NC. The molecule has 0 atom stereocenters. The summed E-state index contributed by atoms with van der Waals surface area (Å²) in [6.07, 6.45) is 12.4. The molecule has 19 heavy (non-hydrogen) atoms. The quantitative estimate of drug-likeness (QED) is 0.742. The smallest absolute Gasteiger partial charge is 0.254 e. The van der Waals surface area contributed by atoms with Crippen molar-refractivity contribution < 1.29 is 0 Å². The van der Waals surface area contributed by atoms with Gasteiger partial charge in [0.25, 0.3) is 5.78 Å². The van der Waals surface area contributed by atoms with E-state index in [1.54, 1.807) is 4.52 Å². The van der Waals surface area contributed by atoms with Crippen LogP contribution in [0.25, 0.3) is 5.78 Å². The number of nitrogens with one attached hydrogen (secondary N) is 1. The van der Waals surface area contributed by atoms with E-state index in [9.17, 15) is 0 Å². The molecule has 0 aliphatic carbocycles. The van der Waals surface area contributed by atoms with E-state index in [4.69, 9.17) is 0 Å². The second kappa shape index (κ2) is 7.07. The number of aromatic nitrogens is 4. The van der Waals surface area contributed by atoms with Gasteiger partial charge in [-0.05, 0) is 12.8 Å². The van der Waals surface area contributed by atoms with Gasteiger partial charge >= 0.3 is 0 Å². The number of unbranched alkanes of at least 4 members (excludes halogenated alkanes) is 5. The minimum atomic E-state index is 0.649. The van der Waals surface area contributed by atoms with Gasteiger partial charge in [-0.15, -0.1) is 0 Å². The van der Waals surface area contributed by atoms with E-state index < -0.39 is 0 Å². The molecule has 0 aliphatic rings. The average molecular weight is 261 g/mol. The lowest BCUT2D eigenvalue weighted by atomic mass is 10.1. The number of fused-ring (bicyclic) bond motifs is 1. The maximum atomic E-state index is 4.33. The first-order valence-electron chi connectivity index (χ1n) is 7.22. The summed E-state index contributed by atoms with van der Waals surface area (Å²) in [6.45, 7) is 2.25. The third-order valence-corrected chi connectivity index (χ3v) is 3.42. The Kier molecular flexibility index (Phi) is 5.12. The summed E-state index contributed by atoms with van der Waals surface area (Å²) in [5, 5.41) is 7.41. The zero-order valence-corrected chi connectivity index (χ0v) is 11.9. The van der Waals surface area contributed by atoms with E-state index in [0.29, 0.717) is 5.78 Å². The molecule has 0 saturated carbocycles. The molecule has 0 aliphatic heterocycles. The van der Waals surface area contributed by atoms with Crippen molar-refractivity contribution in [3.8, 4) is 0 Å². The number of rotatable bonds is 8. The zero-order valence-electron chi connectivity index (χ0n) is 11.9. The predicted molar refractivity (Wildman–Crippen MR) is 77.4 cm³/mol. The van der Waals surface area contributed by atoms with Crippen LogP contribution in [-0.4, -0.2) is 26.6 Å². The van der Waals surface area contributed by atoms with E-state index in [0.717, 1.165) is 12.2 Å². The standard InChI is InChI=1S/C14H23N5/c1-3-4-5-6-7-8-9-12-10-16-14-17-11-18-19(14)13(12)15-2/h10-11,15H,3-9H2,1-2H3. The highest BCUT2D eigenvalue weighted by molar-refractivity contribution is 5.48. The number of hydrogen-bond donors (Lipinski definition) is 1. The van der Waals surface area contributed by atoms with Crippen LogP contribution in [0.4, 0.5) is 5.82 Å². The molecule has 5 heteroatoms. The molecule has 0 amide bonds. The summed E-state index contributed by atoms with van der Waals surface area (Å²) >= 11 is 0. The molecule has 0 spiro atoms. The fourth-order valence-corrected chi connectivity index (χ4v) is 2.36. The van der Waals surface area contributed by atoms with Crippen LogP contribution in [0.1, 0.15) is 51.0 Å². The van der Waals surface area contributed by atoms with Crippen molar-refractivity contribution in [1.82, 2.24) is 19.6 Å². The molecular formula is C14H23N5. The number of nitrogens with zero attached hydrogens (tertiary/aromatic N) is 4. The first-order valence-corrected chi connectivity index (χ1v) is 7.22. The number of aryl methyl sites for hydroxylation is 1. The summed E-state index contributed by atoms with van der Waals surface area (Å²) in [6, 6.07) is 0. The molecule has 2 heterocycles. The highest BCUT2D eigenvalue weighted by Gasteiger charge is 2.08. The van der Waals surface area contributed by atoms with Crippen molar-refractivity contribution in [1.29, 1.82) is 0 Å². The Balaban J connectivity index is 1.92. The van der Waals surface area contributed by atoms with Gasteiger partial charge in [0.2, 0.25) is 0 Å². The lowest BCUT2D eigenvalue weighted by molar-refractivity contribution is 0.606. The summed E-state index contributed by atoms with van der Waals surface area (Å²) in [4.78, 5) is 8.43. The Hall–Kier alpha value is -1.65. The fraction of sp³-hybridized carbons (Fsp3) is 0.643. The van der Waals surface area contributed by atoms with Gasteiger partial charge in [-0.3, -0.25) is 0 Å². The Morgan fingerprint density at radius 3 is 2.68 bits per heavy atom. The van der Waals surface area contributed by atoms with Crippen molar-refractivity contribution in [2.75, 3.05) is 12.4 Å². The second-order valence-electron chi connectivity index (χ2n) is 4.87. The topological polar surface area (TPSA) is 55.1 Å². The number of hydrogen-bond acceptors (Lipinski definition) is 4. The molecule has 2 aromatic heterocycles. The minimum absolute atomic E-state index is 0.649. The van der Waals surface area contributed by atoms with Gasteiger partial charge in [0.15, 0.2) is 0 Å². The predicted octanol–water partition coefficient (Wildman–Crippen LogP) is 3.07. The van der Waals surface area contributed by atoms with Crippen molar-refractivity contribution in [3.05, 3.63) is 18.1 Å². The van der Waals surface area contributed by atoms with Crippen molar-refractivity contribution >= 4 is 11.6 Å². The molecule has 0 aromatic carbocycles. The fourth-order valence-electron chi connectivity index (χ4n) is 2.36. The minimum Gasteiger partial charge on any atom is -0.373 e. The van der Waals surface area contributed by atoms with E-state index in [2.05, 4.69) is 27.3 Å². The molecule has 0 saturated heterocycles. The largest absolute Gasteiger partial charge is 0.373 e. The van der Waals surface area contributed by atoms with Crippen LogP contribution in [0, 0.1) is 0 Å². The van der Waals surface area contributed by atoms with Crippen LogP contribution >= 0.6 is 0 Å². The van der Waals surface area contributed by atoms with Gasteiger partial charge in [-0.25, -0.2) is 4.98 Å². The highest BCUT2D eigenvalue weighted by atomic mass is 15.3. The van der Waals surface area contributed by atoms with Gasteiger partial charge in [0, 0.05) is 18.8 Å².